The van der Waals surface area contributed by atoms with E-state index in [4.69, 9.17) is 0 Å². The second-order valence-electron chi connectivity index (χ2n) is 7.18. The fourth-order valence-corrected chi connectivity index (χ4v) is 4.72. The maximum Gasteiger partial charge on any atom is 0.0235 e. The van der Waals surface area contributed by atoms with E-state index in [1.807, 2.05) is 0 Å². The lowest BCUT2D eigenvalue weighted by Crippen LogP contribution is -2.45. The highest BCUT2D eigenvalue weighted by Gasteiger charge is 2.40. The molecule has 0 radical (unpaired) electrons. The van der Waals surface area contributed by atoms with Crippen LogP contribution in [0.1, 0.15) is 52.4 Å². The molecule has 104 valence electrons. The minimum Gasteiger partial charge on any atom is -0.312 e. The molecule has 0 aromatic carbocycles. The molecule has 2 heterocycles. The molecular weight excluding hydrogens is 220 g/mol. The zero-order valence-corrected chi connectivity index (χ0v) is 12.2. The number of rotatable bonds is 2. The van der Waals surface area contributed by atoms with Gasteiger partial charge in [-0.05, 0) is 50.0 Å². The Morgan fingerprint density at radius 1 is 1.00 bits per heavy atom. The van der Waals surface area contributed by atoms with Crippen LogP contribution in [0.2, 0.25) is 0 Å². The van der Waals surface area contributed by atoms with E-state index >= 15 is 0 Å². The van der Waals surface area contributed by atoms with E-state index in [1.54, 1.807) is 0 Å². The normalized spacial score (nSPS) is 42.2. The lowest BCUT2D eigenvalue weighted by Gasteiger charge is -2.40. The summed E-state index contributed by atoms with van der Waals surface area (Å²) in [6.07, 6.45) is 8.73. The minimum absolute atomic E-state index is 0.813. The van der Waals surface area contributed by atoms with Gasteiger partial charge in [0.25, 0.3) is 0 Å². The topological polar surface area (TPSA) is 15.3 Å². The van der Waals surface area contributed by atoms with E-state index in [2.05, 4.69) is 24.1 Å². The molecule has 1 N–H and O–H groups in total. The highest BCUT2D eigenvalue weighted by Crippen LogP contribution is 2.37. The molecule has 4 atom stereocenters. The molecule has 0 amide bonds. The molecule has 0 bridgehead atoms. The molecule has 0 aromatic heterocycles. The van der Waals surface area contributed by atoms with Crippen LogP contribution < -0.4 is 5.32 Å². The lowest BCUT2D eigenvalue weighted by molar-refractivity contribution is 0.0947. The zero-order valence-electron chi connectivity index (χ0n) is 12.2. The summed E-state index contributed by atoms with van der Waals surface area (Å²) in [5.41, 5.74) is 0. The van der Waals surface area contributed by atoms with Gasteiger partial charge in [-0.25, -0.2) is 0 Å². The van der Waals surface area contributed by atoms with Crippen molar-refractivity contribution in [2.24, 2.45) is 17.8 Å². The monoisotopic (exact) mass is 250 g/mol. The van der Waals surface area contributed by atoms with Gasteiger partial charge in [-0.1, -0.05) is 26.7 Å². The van der Waals surface area contributed by atoms with E-state index < -0.39 is 0 Å². The van der Waals surface area contributed by atoms with Crippen LogP contribution in [0.25, 0.3) is 0 Å². The molecule has 2 saturated heterocycles. The van der Waals surface area contributed by atoms with Gasteiger partial charge < -0.3 is 5.32 Å². The summed E-state index contributed by atoms with van der Waals surface area (Å²) in [5.74, 6) is 2.78. The summed E-state index contributed by atoms with van der Waals surface area (Å²) in [4.78, 5) is 2.86. The van der Waals surface area contributed by atoms with Crippen molar-refractivity contribution in [2.45, 2.75) is 64.5 Å². The van der Waals surface area contributed by atoms with Gasteiger partial charge in [0.15, 0.2) is 0 Å². The molecule has 2 heteroatoms. The van der Waals surface area contributed by atoms with Gasteiger partial charge in [0, 0.05) is 25.2 Å². The number of piperidine rings is 1. The van der Waals surface area contributed by atoms with Crippen LogP contribution in [-0.4, -0.2) is 36.6 Å². The predicted octanol–water partition coefficient (Wildman–Crippen LogP) is 2.89. The number of fused-ring (bicyclic) bond motifs is 1. The number of hydrogen-bond acceptors (Lipinski definition) is 2. The number of likely N-dealkylation sites (tertiary alicyclic amines) is 1. The molecule has 1 saturated carbocycles. The fraction of sp³-hybridized carbons (Fsp3) is 1.00. The summed E-state index contributed by atoms with van der Waals surface area (Å²) >= 11 is 0. The van der Waals surface area contributed by atoms with Crippen molar-refractivity contribution < 1.29 is 0 Å². The summed E-state index contributed by atoms with van der Waals surface area (Å²) in [7, 11) is 0. The Labute approximate surface area is 113 Å². The van der Waals surface area contributed by atoms with Crippen molar-refractivity contribution in [3.63, 3.8) is 0 Å². The summed E-state index contributed by atoms with van der Waals surface area (Å²) in [6.45, 7) is 8.84. The van der Waals surface area contributed by atoms with Crippen LogP contribution in [0, 0.1) is 17.8 Å². The van der Waals surface area contributed by atoms with Crippen LogP contribution in [0.5, 0.6) is 0 Å². The maximum absolute atomic E-state index is 3.75. The van der Waals surface area contributed by atoms with Crippen LogP contribution in [-0.2, 0) is 0 Å². The molecule has 2 aliphatic heterocycles. The quantitative estimate of drug-likeness (QED) is 0.811. The number of nitrogens with one attached hydrogen (secondary N) is 1. The van der Waals surface area contributed by atoms with Crippen molar-refractivity contribution in [3.8, 4) is 0 Å². The van der Waals surface area contributed by atoms with Crippen molar-refractivity contribution in [3.05, 3.63) is 0 Å². The smallest absolute Gasteiger partial charge is 0.0235 e. The Kier molecular flexibility index (Phi) is 3.95. The van der Waals surface area contributed by atoms with Crippen molar-refractivity contribution in [1.29, 1.82) is 0 Å². The van der Waals surface area contributed by atoms with Gasteiger partial charge in [-0.2, -0.15) is 0 Å². The Hall–Kier alpha value is -0.0800. The Morgan fingerprint density at radius 2 is 1.83 bits per heavy atom. The lowest BCUT2D eigenvalue weighted by atomic mass is 9.77. The highest BCUT2D eigenvalue weighted by molar-refractivity contribution is 4.96. The molecular formula is C16H30N2. The first-order valence-corrected chi connectivity index (χ1v) is 8.23. The van der Waals surface area contributed by atoms with E-state index in [1.165, 1.54) is 58.2 Å². The molecule has 3 aliphatic rings. The molecule has 1 aliphatic carbocycles. The summed E-state index contributed by atoms with van der Waals surface area (Å²) in [6, 6.07) is 1.71. The molecule has 3 rings (SSSR count). The van der Waals surface area contributed by atoms with Crippen molar-refractivity contribution in [2.75, 3.05) is 19.6 Å². The van der Waals surface area contributed by atoms with E-state index in [0.29, 0.717) is 0 Å². The van der Waals surface area contributed by atoms with Gasteiger partial charge in [-0.15, -0.1) is 0 Å². The molecule has 0 aromatic rings. The maximum atomic E-state index is 3.75. The first kappa shape index (κ1) is 12.9. The first-order chi connectivity index (χ1) is 8.75. The van der Waals surface area contributed by atoms with Crippen molar-refractivity contribution in [1.82, 2.24) is 10.2 Å². The van der Waals surface area contributed by atoms with Gasteiger partial charge >= 0.3 is 0 Å². The molecule has 3 fully saturated rings. The van der Waals surface area contributed by atoms with Crippen LogP contribution in [0.3, 0.4) is 0 Å². The van der Waals surface area contributed by atoms with Gasteiger partial charge in [0.1, 0.15) is 0 Å². The second-order valence-corrected chi connectivity index (χ2v) is 7.18. The third-order valence-corrected chi connectivity index (χ3v) is 5.73. The van der Waals surface area contributed by atoms with Crippen LogP contribution in [0.4, 0.5) is 0 Å². The Bertz CT molecular complexity index is 262. The summed E-state index contributed by atoms with van der Waals surface area (Å²) < 4.78 is 0. The highest BCUT2D eigenvalue weighted by atomic mass is 15.2. The van der Waals surface area contributed by atoms with Gasteiger partial charge in [-0.3, -0.25) is 4.90 Å². The van der Waals surface area contributed by atoms with E-state index in [-0.39, 0.29) is 0 Å². The average molecular weight is 250 g/mol. The van der Waals surface area contributed by atoms with Crippen molar-refractivity contribution >= 4 is 0 Å². The molecule has 0 spiro atoms. The average Bonchev–Trinajstić information content (AvgIpc) is 2.82. The number of hydrogen-bond donors (Lipinski definition) is 1. The van der Waals surface area contributed by atoms with E-state index in [9.17, 15) is 0 Å². The standard InChI is InChI=1S/C16H30N2/c1-12(2)14-7-3-4-8-16(14)18-10-13-6-5-9-17-15(13)11-18/h12-17H,3-11H2,1-2H3. The molecule has 4 unspecified atom stereocenters. The van der Waals surface area contributed by atoms with Gasteiger partial charge in [0.2, 0.25) is 0 Å². The Morgan fingerprint density at radius 3 is 2.61 bits per heavy atom. The minimum atomic E-state index is 0.813. The zero-order chi connectivity index (χ0) is 12.5. The third-order valence-electron chi connectivity index (χ3n) is 5.73. The summed E-state index contributed by atoms with van der Waals surface area (Å²) in [5, 5.41) is 3.75. The van der Waals surface area contributed by atoms with Crippen LogP contribution >= 0.6 is 0 Å². The largest absolute Gasteiger partial charge is 0.312 e. The number of nitrogens with zero attached hydrogens (tertiary/aromatic N) is 1. The van der Waals surface area contributed by atoms with Crippen LogP contribution in [0.15, 0.2) is 0 Å². The first-order valence-electron chi connectivity index (χ1n) is 8.23. The second kappa shape index (κ2) is 5.50. The SMILES string of the molecule is CC(C)C1CCCCC1N1CC2CCCNC2C1. The third kappa shape index (κ3) is 2.46. The molecule has 18 heavy (non-hydrogen) atoms. The van der Waals surface area contributed by atoms with E-state index in [0.717, 1.165) is 29.8 Å². The Balaban J connectivity index is 1.66. The molecule has 2 nitrogen and oxygen atoms in total. The fourth-order valence-electron chi connectivity index (χ4n) is 4.72. The van der Waals surface area contributed by atoms with Gasteiger partial charge in [0.05, 0.1) is 0 Å². The predicted molar refractivity (Wildman–Crippen MR) is 76.7 cm³/mol.